The van der Waals surface area contributed by atoms with E-state index in [1.54, 1.807) is 0 Å². The second kappa shape index (κ2) is 16.0. The number of benzene rings is 9. The fraction of sp³-hybridized carbons (Fsp3) is 0.0339. The smallest absolute Gasteiger partial charge is 0.164 e. The predicted octanol–water partition coefficient (Wildman–Crippen LogP) is 14.3. The van der Waals surface area contributed by atoms with E-state index in [2.05, 4.69) is 212 Å². The van der Waals surface area contributed by atoms with Crippen molar-refractivity contribution in [1.29, 1.82) is 0 Å². The molecule has 0 saturated heterocycles. The molecule has 0 aliphatic carbocycles. The van der Waals surface area contributed by atoms with Crippen LogP contribution in [-0.4, -0.2) is 19.5 Å². The van der Waals surface area contributed by atoms with E-state index >= 15 is 0 Å². The van der Waals surface area contributed by atoms with Gasteiger partial charge >= 0.3 is 0 Å². The zero-order valence-corrected chi connectivity index (χ0v) is 34.8. The molecule has 0 N–H and O–H groups in total. The molecule has 0 amide bonds. The number of aryl methyl sites for hydroxylation is 1. The van der Waals surface area contributed by atoms with E-state index in [9.17, 15) is 0 Å². The molecule has 4 nitrogen and oxygen atoms in total. The monoisotopic (exact) mass is 806 g/mol. The first-order chi connectivity index (χ1) is 31.1. The summed E-state index contributed by atoms with van der Waals surface area (Å²) in [5.41, 5.74) is 13.6. The highest BCUT2D eigenvalue weighted by Gasteiger charge is 2.38. The minimum absolute atomic E-state index is 0.600. The third-order valence-corrected chi connectivity index (χ3v) is 12.3. The third-order valence-electron chi connectivity index (χ3n) is 12.3. The second-order valence-electron chi connectivity index (χ2n) is 16.1. The lowest BCUT2D eigenvalue weighted by Crippen LogP contribution is -2.31. The van der Waals surface area contributed by atoms with Gasteiger partial charge in [0.25, 0.3) is 0 Å². The van der Waals surface area contributed by atoms with Crippen LogP contribution in [0.2, 0.25) is 0 Å². The number of rotatable bonds is 9. The predicted molar refractivity (Wildman–Crippen MR) is 259 cm³/mol. The quantitative estimate of drug-likeness (QED) is 0.136. The Kier molecular flexibility index (Phi) is 9.59. The SMILES string of the molecule is Cc1ccc2c(c1)c1ccccc1n2-c1cc(-c2nc(-c3ccccc3)nc(-c3ccccc3)n2)ccc1-c1cccc(C(c2ccccc2)(c2ccccc2)c2ccccc2)c1. The van der Waals surface area contributed by atoms with Crippen LogP contribution in [-0.2, 0) is 5.41 Å². The largest absolute Gasteiger partial charge is 0.309 e. The van der Waals surface area contributed by atoms with E-state index in [1.165, 1.54) is 38.6 Å². The van der Waals surface area contributed by atoms with Crippen LogP contribution in [0.5, 0.6) is 0 Å². The number of fused-ring (bicyclic) bond motifs is 3. The van der Waals surface area contributed by atoms with Gasteiger partial charge in [-0.15, -0.1) is 0 Å². The summed E-state index contributed by atoms with van der Waals surface area (Å²) in [6.07, 6.45) is 0. The van der Waals surface area contributed by atoms with Crippen molar-refractivity contribution in [3.05, 3.63) is 264 Å². The highest BCUT2D eigenvalue weighted by molar-refractivity contribution is 6.10. The van der Waals surface area contributed by atoms with Gasteiger partial charge in [0.2, 0.25) is 0 Å². The standard InChI is InChI=1S/C59H42N4/c1-41-34-37-54-52(38-41)51-32-17-18-33-53(51)63(54)55-40-45(58-61-56(42-20-7-2-8-21-42)60-57(62-58)43-22-9-3-10-23-43)35-36-50(55)44-24-19-31-49(39-44)59(46-25-11-4-12-26-46,47-27-13-5-14-28-47)48-29-15-6-16-30-48/h2-40H,1H3. The van der Waals surface area contributed by atoms with Crippen LogP contribution in [0.3, 0.4) is 0 Å². The summed E-state index contributed by atoms with van der Waals surface area (Å²) in [5, 5.41) is 2.42. The van der Waals surface area contributed by atoms with Gasteiger partial charge in [-0.1, -0.05) is 212 Å². The Morgan fingerprint density at radius 2 is 0.794 bits per heavy atom. The molecule has 9 aromatic carbocycles. The molecule has 63 heavy (non-hydrogen) atoms. The summed E-state index contributed by atoms with van der Waals surface area (Å²) in [7, 11) is 0. The van der Waals surface area contributed by atoms with E-state index < -0.39 is 5.41 Å². The summed E-state index contributed by atoms with van der Waals surface area (Å²) in [6.45, 7) is 2.16. The summed E-state index contributed by atoms with van der Waals surface area (Å²) in [4.78, 5) is 15.4. The molecule has 2 aromatic heterocycles. The van der Waals surface area contributed by atoms with Crippen molar-refractivity contribution in [3.63, 3.8) is 0 Å². The van der Waals surface area contributed by atoms with Crippen molar-refractivity contribution in [2.24, 2.45) is 0 Å². The summed E-state index contributed by atoms with van der Waals surface area (Å²) >= 11 is 0. The molecule has 2 heterocycles. The summed E-state index contributed by atoms with van der Waals surface area (Å²) < 4.78 is 2.42. The zero-order chi connectivity index (χ0) is 42.2. The third kappa shape index (κ3) is 6.70. The molecule has 0 saturated carbocycles. The van der Waals surface area contributed by atoms with E-state index in [0.717, 1.165) is 44.5 Å². The van der Waals surface area contributed by atoms with Gasteiger partial charge in [0.15, 0.2) is 17.5 Å². The van der Waals surface area contributed by atoms with Gasteiger partial charge < -0.3 is 4.57 Å². The molecule has 0 fully saturated rings. The van der Waals surface area contributed by atoms with Gasteiger partial charge in [0.1, 0.15) is 0 Å². The number of hydrogen-bond donors (Lipinski definition) is 0. The van der Waals surface area contributed by atoms with E-state index in [-0.39, 0.29) is 0 Å². The van der Waals surface area contributed by atoms with Crippen LogP contribution in [0, 0.1) is 6.92 Å². The Labute approximate surface area is 367 Å². The first-order valence-corrected chi connectivity index (χ1v) is 21.4. The number of aromatic nitrogens is 4. The van der Waals surface area contributed by atoms with Crippen LogP contribution < -0.4 is 0 Å². The molecule has 0 bridgehead atoms. The fourth-order valence-corrected chi connectivity index (χ4v) is 9.37. The van der Waals surface area contributed by atoms with Crippen molar-refractivity contribution in [3.8, 4) is 51.0 Å². The molecule has 0 unspecified atom stereocenters. The van der Waals surface area contributed by atoms with Gasteiger partial charge in [0, 0.05) is 33.0 Å². The Morgan fingerprint density at radius 3 is 1.37 bits per heavy atom. The molecule has 0 aliphatic heterocycles. The van der Waals surface area contributed by atoms with Crippen LogP contribution >= 0.6 is 0 Å². The van der Waals surface area contributed by atoms with Gasteiger partial charge in [-0.3, -0.25) is 0 Å². The maximum absolute atomic E-state index is 5.18. The second-order valence-corrected chi connectivity index (χ2v) is 16.1. The molecular formula is C59H42N4. The Balaban J connectivity index is 1.19. The molecule has 0 aliphatic rings. The lowest BCUT2D eigenvalue weighted by atomic mass is 9.65. The van der Waals surface area contributed by atoms with E-state index in [4.69, 9.17) is 15.0 Å². The maximum Gasteiger partial charge on any atom is 0.164 e. The van der Waals surface area contributed by atoms with Crippen molar-refractivity contribution in [2.45, 2.75) is 12.3 Å². The zero-order valence-electron chi connectivity index (χ0n) is 34.8. The average molecular weight is 807 g/mol. The molecule has 11 rings (SSSR count). The number of hydrogen-bond acceptors (Lipinski definition) is 3. The maximum atomic E-state index is 5.18. The van der Waals surface area contributed by atoms with Crippen molar-refractivity contribution >= 4 is 21.8 Å². The van der Waals surface area contributed by atoms with Gasteiger partial charge in [0.05, 0.1) is 22.1 Å². The van der Waals surface area contributed by atoms with E-state index in [0.29, 0.717) is 17.5 Å². The Hall–Kier alpha value is -8.21. The van der Waals surface area contributed by atoms with Gasteiger partial charge in [-0.05, 0) is 65.1 Å². The summed E-state index contributed by atoms with van der Waals surface area (Å²) in [5.74, 6) is 1.87. The molecular weight excluding hydrogens is 765 g/mol. The first kappa shape index (κ1) is 37.8. The molecule has 298 valence electrons. The summed E-state index contributed by atoms with van der Waals surface area (Å²) in [6, 6.07) is 84.4. The lowest BCUT2D eigenvalue weighted by Gasteiger charge is -2.37. The highest BCUT2D eigenvalue weighted by atomic mass is 15.0. The number of nitrogens with zero attached hydrogens (tertiary/aromatic N) is 4. The topological polar surface area (TPSA) is 43.6 Å². The Morgan fingerprint density at radius 1 is 0.333 bits per heavy atom. The molecule has 0 spiro atoms. The molecule has 11 aromatic rings. The van der Waals surface area contributed by atoms with Crippen molar-refractivity contribution in [2.75, 3.05) is 0 Å². The van der Waals surface area contributed by atoms with Crippen LogP contribution in [0.15, 0.2) is 237 Å². The number of para-hydroxylation sites is 1. The van der Waals surface area contributed by atoms with Gasteiger partial charge in [-0.2, -0.15) is 0 Å². The fourth-order valence-electron chi connectivity index (χ4n) is 9.37. The Bertz CT molecular complexity index is 3230. The van der Waals surface area contributed by atoms with Gasteiger partial charge in [-0.25, -0.2) is 15.0 Å². The lowest BCUT2D eigenvalue weighted by molar-refractivity contribution is 0.745. The molecule has 4 heteroatoms. The van der Waals surface area contributed by atoms with Crippen LogP contribution in [0.4, 0.5) is 0 Å². The minimum atomic E-state index is -0.600. The van der Waals surface area contributed by atoms with Crippen molar-refractivity contribution < 1.29 is 0 Å². The normalized spacial score (nSPS) is 11.6. The molecule has 0 atom stereocenters. The highest BCUT2D eigenvalue weighted by Crippen LogP contribution is 2.47. The van der Waals surface area contributed by atoms with Crippen LogP contribution in [0.1, 0.15) is 27.8 Å². The minimum Gasteiger partial charge on any atom is -0.309 e. The van der Waals surface area contributed by atoms with Crippen molar-refractivity contribution in [1.82, 2.24) is 19.5 Å². The van der Waals surface area contributed by atoms with Crippen LogP contribution in [0.25, 0.3) is 72.8 Å². The first-order valence-electron chi connectivity index (χ1n) is 21.4. The molecule has 0 radical (unpaired) electrons. The average Bonchev–Trinajstić information content (AvgIpc) is 3.69. The van der Waals surface area contributed by atoms with E-state index in [1.807, 2.05) is 36.4 Å².